The van der Waals surface area contributed by atoms with Crippen LogP contribution in [0.4, 0.5) is 0 Å². The highest BCUT2D eigenvalue weighted by Crippen LogP contribution is 2.27. The smallest absolute Gasteiger partial charge is 0.247 e. The number of nitrogens with zero attached hydrogens (tertiary/aromatic N) is 1. The Labute approximate surface area is 110 Å². The quantitative estimate of drug-likeness (QED) is 0.795. The first-order valence-electron chi connectivity index (χ1n) is 5.93. The Morgan fingerprint density at radius 3 is 3.11 bits per heavy atom. The standard InChI is InChI=1S/C13H16N2O2S/c1-9-15-12(8-18-9)10-3-4-11(7-10)13(17)14-5-2-6-16/h3,7-8,16H,2,4-6H2,1H3,(H,14,17). The van der Waals surface area contributed by atoms with Crippen molar-refractivity contribution in [1.29, 1.82) is 0 Å². The Morgan fingerprint density at radius 1 is 1.61 bits per heavy atom. The molecule has 1 amide bonds. The third-order valence-electron chi connectivity index (χ3n) is 2.70. The maximum Gasteiger partial charge on any atom is 0.247 e. The molecule has 0 saturated carbocycles. The first-order valence-corrected chi connectivity index (χ1v) is 6.81. The molecule has 1 aromatic heterocycles. The fourth-order valence-corrected chi connectivity index (χ4v) is 2.37. The van der Waals surface area contributed by atoms with E-state index in [1.54, 1.807) is 11.3 Å². The number of aromatic nitrogens is 1. The van der Waals surface area contributed by atoms with E-state index in [4.69, 9.17) is 5.11 Å². The molecule has 2 rings (SSSR count). The summed E-state index contributed by atoms with van der Waals surface area (Å²) in [6.07, 6.45) is 5.15. The van der Waals surface area contributed by atoms with Crippen molar-refractivity contribution in [2.75, 3.05) is 13.2 Å². The van der Waals surface area contributed by atoms with Crippen molar-refractivity contribution in [1.82, 2.24) is 10.3 Å². The van der Waals surface area contributed by atoms with Gasteiger partial charge in [0.25, 0.3) is 0 Å². The predicted molar refractivity (Wildman–Crippen MR) is 72.2 cm³/mol. The molecule has 1 heterocycles. The summed E-state index contributed by atoms with van der Waals surface area (Å²) in [5.41, 5.74) is 2.72. The van der Waals surface area contributed by atoms with Gasteiger partial charge in [-0.05, 0) is 31.4 Å². The Kier molecular flexibility index (Phi) is 4.28. The van der Waals surface area contributed by atoms with Gasteiger partial charge in [0.2, 0.25) is 5.91 Å². The van der Waals surface area contributed by atoms with Gasteiger partial charge in [0.15, 0.2) is 0 Å². The van der Waals surface area contributed by atoms with E-state index in [0.29, 0.717) is 19.4 Å². The van der Waals surface area contributed by atoms with Gasteiger partial charge in [0.05, 0.1) is 10.7 Å². The van der Waals surface area contributed by atoms with Gasteiger partial charge < -0.3 is 10.4 Å². The Bertz CT molecular complexity index is 503. The van der Waals surface area contributed by atoms with Crippen molar-refractivity contribution < 1.29 is 9.90 Å². The summed E-state index contributed by atoms with van der Waals surface area (Å²) in [5, 5.41) is 14.5. The largest absolute Gasteiger partial charge is 0.396 e. The van der Waals surface area contributed by atoms with Crippen LogP contribution in [0.3, 0.4) is 0 Å². The van der Waals surface area contributed by atoms with Gasteiger partial charge in [-0.25, -0.2) is 4.98 Å². The molecule has 0 aliphatic heterocycles. The van der Waals surface area contributed by atoms with Gasteiger partial charge in [0, 0.05) is 24.1 Å². The number of aryl methyl sites for hydroxylation is 1. The first-order chi connectivity index (χ1) is 8.70. The number of carbonyl (C=O) groups excluding carboxylic acids is 1. The molecule has 4 nitrogen and oxygen atoms in total. The van der Waals surface area contributed by atoms with Gasteiger partial charge >= 0.3 is 0 Å². The van der Waals surface area contributed by atoms with E-state index in [9.17, 15) is 4.79 Å². The second-order valence-electron chi connectivity index (χ2n) is 4.12. The van der Waals surface area contributed by atoms with Gasteiger partial charge in [-0.15, -0.1) is 11.3 Å². The normalized spacial score (nSPS) is 14.3. The molecular formula is C13H16N2O2S. The summed E-state index contributed by atoms with van der Waals surface area (Å²) in [6.45, 7) is 2.58. The number of thiazole rings is 1. The van der Waals surface area contributed by atoms with E-state index < -0.39 is 0 Å². The minimum Gasteiger partial charge on any atom is -0.396 e. The number of hydrogen-bond acceptors (Lipinski definition) is 4. The molecule has 5 heteroatoms. The molecular weight excluding hydrogens is 248 g/mol. The molecule has 1 aromatic rings. The van der Waals surface area contributed by atoms with Crippen molar-refractivity contribution in [2.24, 2.45) is 0 Å². The Hall–Kier alpha value is -1.46. The van der Waals surface area contributed by atoms with Crippen LogP contribution < -0.4 is 5.32 Å². The highest BCUT2D eigenvalue weighted by Gasteiger charge is 2.16. The molecule has 0 unspecified atom stereocenters. The maximum atomic E-state index is 11.8. The van der Waals surface area contributed by atoms with E-state index in [0.717, 1.165) is 21.8 Å². The SMILES string of the molecule is Cc1nc(C2=CCC(C(=O)NCCCO)=C2)cs1. The lowest BCUT2D eigenvalue weighted by molar-refractivity contribution is -0.117. The zero-order chi connectivity index (χ0) is 13.0. The van der Waals surface area contributed by atoms with Crippen LogP contribution >= 0.6 is 11.3 Å². The molecule has 0 fully saturated rings. The average Bonchev–Trinajstić information content (AvgIpc) is 2.97. The van der Waals surface area contributed by atoms with Crippen LogP contribution in [0, 0.1) is 6.92 Å². The molecule has 1 aliphatic rings. The fourth-order valence-electron chi connectivity index (χ4n) is 1.75. The first kappa shape index (κ1) is 13.0. The molecule has 18 heavy (non-hydrogen) atoms. The lowest BCUT2D eigenvalue weighted by Gasteiger charge is -2.03. The second-order valence-corrected chi connectivity index (χ2v) is 5.18. The van der Waals surface area contributed by atoms with E-state index in [2.05, 4.69) is 10.3 Å². The number of carbonyl (C=O) groups is 1. The van der Waals surface area contributed by atoms with Crippen LogP contribution in [0.15, 0.2) is 23.1 Å². The molecule has 0 radical (unpaired) electrons. The Balaban J connectivity index is 1.96. The van der Waals surface area contributed by atoms with Gasteiger partial charge in [0.1, 0.15) is 0 Å². The van der Waals surface area contributed by atoms with Crippen LogP contribution in [-0.4, -0.2) is 29.1 Å². The van der Waals surface area contributed by atoms with E-state index in [1.807, 2.05) is 24.5 Å². The van der Waals surface area contributed by atoms with Crippen molar-refractivity contribution in [3.63, 3.8) is 0 Å². The van der Waals surface area contributed by atoms with E-state index >= 15 is 0 Å². The summed E-state index contributed by atoms with van der Waals surface area (Å²) < 4.78 is 0. The number of hydrogen-bond donors (Lipinski definition) is 2. The minimum absolute atomic E-state index is 0.0540. The van der Waals surface area contributed by atoms with Crippen molar-refractivity contribution in [2.45, 2.75) is 19.8 Å². The third kappa shape index (κ3) is 3.05. The molecule has 96 valence electrons. The van der Waals surface area contributed by atoms with Gasteiger partial charge in [-0.1, -0.05) is 6.08 Å². The molecule has 0 bridgehead atoms. The maximum absolute atomic E-state index is 11.8. The number of nitrogens with one attached hydrogen (secondary N) is 1. The lowest BCUT2D eigenvalue weighted by Crippen LogP contribution is -2.26. The van der Waals surface area contributed by atoms with Gasteiger partial charge in [-0.2, -0.15) is 0 Å². The van der Waals surface area contributed by atoms with Crippen molar-refractivity contribution in [3.8, 4) is 0 Å². The number of allylic oxidation sites excluding steroid dienone is 3. The molecule has 0 saturated heterocycles. The molecule has 0 aromatic carbocycles. The summed E-state index contributed by atoms with van der Waals surface area (Å²) in [5.74, 6) is -0.0540. The lowest BCUT2D eigenvalue weighted by atomic mass is 10.2. The Morgan fingerprint density at radius 2 is 2.44 bits per heavy atom. The predicted octanol–water partition coefficient (Wildman–Crippen LogP) is 1.66. The topological polar surface area (TPSA) is 62.2 Å². The number of rotatable bonds is 5. The van der Waals surface area contributed by atoms with Gasteiger partial charge in [-0.3, -0.25) is 4.79 Å². The highest BCUT2D eigenvalue weighted by atomic mass is 32.1. The summed E-state index contributed by atoms with van der Waals surface area (Å²) >= 11 is 1.61. The van der Waals surface area contributed by atoms with E-state index in [1.165, 1.54) is 0 Å². The average molecular weight is 264 g/mol. The zero-order valence-corrected chi connectivity index (χ0v) is 11.1. The minimum atomic E-state index is -0.0540. The second kappa shape index (κ2) is 5.93. The van der Waals surface area contributed by atoms with E-state index in [-0.39, 0.29) is 12.5 Å². The third-order valence-corrected chi connectivity index (χ3v) is 3.47. The molecule has 0 spiro atoms. The summed E-state index contributed by atoms with van der Waals surface area (Å²) in [6, 6.07) is 0. The van der Waals surface area contributed by atoms with Crippen LogP contribution in [-0.2, 0) is 4.79 Å². The highest BCUT2D eigenvalue weighted by molar-refractivity contribution is 7.09. The van der Waals surface area contributed by atoms with Crippen LogP contribution in [0.25, 0.3) is 5.57 Å². The fraction of sp³-hybridized carbons (Fsp3) is 0.385. The number of amides is 1. The zero-order valence-electron chi connectivity index (χ0n) is 10.3. The van der Waals surface area contributed by atoms with Crippen LogP contribution in [0.2, 0.25) is 0 Å². The van der Waals surface area contributed by atoms with Crippen molar-refractivity contribution >= 4 is 22.8 Å². The number of aliphatic hydroxyl groups excluding tert-OH is 1. The summed E-state index contributed by atoms with van der Waals surface area (Å²) in [7, 11) is 0. The number of aliphatic hydroxyl groups is 1. The summed E-state index contributed by atoms with van der Waals surface area (Å²) in [4.78, 5) is 16.2. The molecule has 0 atom stereocenters. The van der Waals surface area contributed by atoms with Crippen molar-refractivity contribution in [3.05, 3.63) is 33.8 Å². The monoisotopic (exact) mass is 264 g/mol. The molecule has 1 aliphatic carbocycles. The van der Waals surface area contributed by atoms with Crippen LogP contribution in [0.1, 0.15) is 23.5 Å². The van der Waals surface area contributed by atoms with Crippen LogP contribution in [0.5, 0.6) is 0 Å². The molecule has 2 N–H and O–H groups in total.